The first-order valence-electron chi connectivity index (χ1n) is 12.3. The van der Waals surface area contributed by atoms with Crippen LogP contribution in [0.1, 0.15) is 13.3 Å². The van der Waals surface area contributed by atoms with E-state index in [4.69, 9.17) is 0 Å². The molecule has 0 aromatic carbocycles. The average Bonchev–Trinajstić information content (AvgIpc) is 2.98. The van der Waals surface area contributed by atoms with Crippen molar-refractivity contribution in [2.24, 2.45) is 0 Å². The molecule has 0 unspecified atom stereocenters. The molecule has 35 heteroatoms. The highest BCUT2D eigenvalue weighted by molar-refractivity contribution is 5.87. The van der Waals surface area contributed by atoms with Crippen LogP contribution in [0.3, 0.4) is 0 Å². The second-order valence-electron chi connectivity index (χ2n) is 10.4. The molecule has 0 fully saturated rings. The minimum atomic E-state index is -10.3. The minimum Gasteiger partial charge on any atom is -0.393 e. The fourth-order valence-electron chi connectivity index (χ4n) is 3.12. The molecule has 0 radical (unpaired) electrons. The van der Waals surface area contributed by atoms with Crippen molar-refractivity contribution in [1.82, 2.24) is 0 Å². The van der Waals surface area contributed by atoms with E-state index in [1.165, 1.54) is 0 Å². The predicted octanol–water partition coefficient (Wildman–Crippen LogP) is 11.5. The van der Waals surface area contributed by atoms with Gasteiger partial charge in [0, 0.05) is 5.57 Å². The van der Waals surface area contributed by atoms with Gasteiger partial charge < -0.3 is 4.74 Å². The van der Waals surface area contributed by atoms with Gasteiger partial charge in [0.05, 0.1) is 0 Å². The highest BCUT2D eigenvalue weighted by Crippen LogP contribution is 2.70. The number of ether oxygens (including phenoxy) is 1. The molecular weight excluding hydrogens is 911 g/mol. The van der Waals surface area contributed by atoms with Crippen LogP contribution in [0.25, 0.3) is 0 Å². The number of hydrogen-bond acceptors (Lipinski definition) is 2. The fraction of sp³-hybridized carbons (Fsp3) is 0.857. The Morgan fingerprint density at radius 2 is 0.500 bits per heavy atom. The highest BCUT2D eigenvalue weighted by atomic mass is 19.4. The molecule has 0 aliphatic rings. The molecule has 0 aliphatic heterocycles. The summed E-state index contributed by atoms with van der Waals surface area (Å²) in [7, 11) is 0. The minimum absolute atomic E-state index is 0.640. The number of carbonyl (C=O) groups is 1. The Morgan fingerprint density at radius 1 is 0.339 bits per heavy atom. The molecule has 0 amide bonds. The van der Waals surface area contributed by atoms with Crippen LogP contribution in [-0.2, 0) is 9.53 Å². The lowest BCUT2D eigenvalue weighted by molar-refractivity contribution is -0.493. The summed E-state index contributed by atoms with van der Waals surface area (Å²) in [5, 5.41) is 0. The van der Waals surface area contributed by atoms with Crippen LogP contribution in [0.4, 0.5) is 145 Å². The van der Waals surface area contributed by atoms with Crippen molar-refractivity contribution >= 4 is 5.97 Å². The lowest BCUT2D eigenvalue weighted by Crippen LogP contribution is -2.80. The molecule has 0 rings (SSSR count). The fourth-order valence-corrected chi connectivity index (χ4v) is 3.12. The molecule has 0 aromatic rings. The van der Waals surface area contributed by atoms with Gasteiger partial charge in [0.15, 0.2) is 0 Å². The Morgan fingerprint density at radius 3 is 0.661 bits per heavy atom. The monoisotopic (exact) mass is 918 g/mol. The Balaban J connectivity index is 7.71. The third kappa shape index (κ3) is 6.21. The third-order valence-electron chi connectivity index (χ3n) is 6.78. The first kappa shape index (κ1) is 52.9. The maximum absolute atomic E-state index is 13.9. The van der Waals surface area contributed by atoms with Gasteiger partial charge in [-0.25, -0.2) is 4.79 Å². The largest absolute Gasteiger partial charge is 0.473 e. The number of hydrogen-bond donors (Lipinski definition) is 0. The lowest BCUT2D eigenvalue weighted by atomic mass is 9.83. The van der Waals surface area contributed by atoms with Gasteiger partial charge in [0.1, 0.15) is 0 Å². The van der Waals surface area contributed by atoms with Crippen molar-refractivity contribution in [3.05, 3.63) is 12.2 Å². The molecule has 0 saturated carbocycles. The van der Waals surface area contributed by atoms with Crippen molar-refractivity contribution in [2.75, 3.05) is 0 Å². The summed E-state index contributed by atoms with van der Waals surface area (Å²) in [5.41, 5.74) is -1.56. The Bertz CT molecular complexity index is 1480. The van der Waals surface area contributed by atoms with Gasteiger partial charge in [0.25, 0.3) is 0 Å². The zero-order chi connectivity index (χ0) is 46.6. The Kier molecular flexibility index (Phi) is 12.5. The normalized spacial score (nSPS) is 16.6. The van der Waals surface area contributed by atoms with Crippen LogP contribution < -0.4 is 0 Å². The molecule has 0 aromatic heterocycles. The zero-order valence-corrected chi connectivity index (χ0v) is 24.7. The van der Waals surface area contributed by atoms with E-state index in [0.717, 1.165) is 0 Å². The van der Waals surface area contributed by atoms with Gasteiger partial charge in [0.2, 0.25) is 0 Å². The van der Waals surface area contributed by atoms with E-state index in [2.05, 4.69) is 11.3 Å². The average molecular weight is 918 g/mol. The molecule has 0 bridgehead atoms. The van der Waals surface area contributed by atoms with E-state index in [9.17, 15) is 150 Å². The van der Waals surface area contributed by atoms with E-state index < -0.39 is 113 Å². The molecule has 0 N–H and O–H groups in total. The highest BCUT2D eigenvalue weighted by Gasteiger charge is 3.02. The van der Waals surface area contributed by atoms with Gasteiger partial charge in [-0.3, -0.25) is 0 Å². The third-order valence-corrected chi connectivity index (χ3v) is 6.78. The summed E-state index contributed by atoms with van der Waals surface area (Å²) in [6.07, 6.45) is -17.3. The smallest absolute Gasteiger partial charge is 0.393 e. The first-order valence-corrected chi connectivity index (χ1v) is 12.3. The number of carbonyl (C=O) groups excluding carboxylic acids is 1. The summed E-state index contributed by atoms with van der Waals surface area (Å²) >= 11 is 0. The quantitative estimate of drug-likeness (QED) is 0.0826. The molecule has 56 heavy (non-hydrogen) atoms. The van der Waals surface area contributed by atoms with Crippen LogP contribution in [0.15, 0.2) is 12.2 Å². The van der Waals surface area contributed by atoms with Gasteiger partial charge in [-0.2, -0.15) is 145 Å². The predicted molar refractivity (Wildman–Crippen MR) is 106 cm³/mol. The Hall–Kier alpha value is -3.10. The maximum Gasteiger partial charge on any atom is 0.473 e. The summed E-state index contributed by atoms with van der Waals surface area (Å²) < 4.78 is 449. The van der Waals surface area contributed by atoms with Crippen molar-refractivity contribution < 1.29 is 154 Å². The van der Waals surface area contributed by atoms with Gasteiger partial charge in [-0.15, -0.1) is 0 Å². The van der Waals surface area contributed by atoms with Crippen LogP contribution in [0, 0.1) is 0 Å². The second kappa shape index (κ2) is 13.2. The number of esters is 1. The van der Waals surface area contributed by atoms with Gasteiger partial charge in [-0.1, -0.05) is 13.5 Å². The first-order chi connectivity index (χ1) is 23.6. The topological polar surface area (TPSA) is 26.3 Å². The summed E-state index contributed by atoms with van der Waals surface area (Å²) in [5.74, 6) is -140. The lowest BCUT2D eigenvalue weighted by Gasteiger charge is -2.46. The van der Waals surface area contributed by atoms with Crippen LogP contribution >= 0.6 is 0 Å². The molecule has 2 nitrogen and oxygen atoms in total. The Labute approximate surface area is 282 Å². The maximum atomic E-state index is 13.9. The number of halogens is 33. The molecular formula is C21H7F33O2. The van der Waals surface area contributed by atoms with E-state index >= 15 is 0 Å². The number of rotatable bonds is 17. The molecule has 0 atom stereocenters. The zero-order valence-electron chi connectivity index (χ0n) is 24.7. The molecule has 334 valence electrons. The summed E-state index contributed by atoms with van der Waals surface area (Å²) in [6, 6.07) is 0. The standard InChI is InChI=1S/C21H7F33O2/c1-3-4(2)5(55)56-21(53,54)19(48,49)17(44,45)15(40,41)13(36,37)11(32,33)9(28,29)7(24,25)6(22,23)8(26,27)10(30,31)12(34,35)14(38,39)16(42,43)18(46,47)20(50,51)52/h2-3H2,1H3. The van der Waals surface area contributed by atoms with Crippen molar-refractivity contribution in [2.45, 2.75) is 109 Å². The van der Waals surface area contributed by atoms with Crippen molar-refractivity contribution in [3.8, 4) is 0 Å². The van der Waals surface area contributed by atoms with Crippen LogP contribution in [0.5, 0.6) is 0 Å². The van der Waals surface area contributed by atoms with Crippen LogP contribution in [0.2, 0.25) is 0 Å². The van der Waals surface area contributed by atoms with E-state index in [1.54, 1.807) is 0 Å². The van der Waals surface area contributed by atoms with E-state index in [0.29, 0.717) is 6.92 Å². The van der Waals surface area contributed by atoms with E-state index in [1.807, 2.05) is 0 Å². The SMILES string of the molecule is C=C(CC)C(=O)OC(F)(F)C(F)(F)C(F)(F)C(F)(F)C(F)(F)C(F)(F)C(F)(F)C(F)(F)C(F)(F)C(F)(F)C(F)(F)C(F)(F)C(F)(F)C(F)(F)C(F)(F)C(F)(F)F. The van der Waals surface area contributed by atoms with Crippen LogP contribution in [-0.4, -0.2) is 101 Å². The van der Waals surface area contributed by atoms with Crippen molar-refractivity contribution in [1.29, 1.82) is 0 Å². The molecule has 0 aliphatic carbocycles. The van der Waals surface area contributed by atoms with Crippen molar-refractivity contribution in [3.63, 3.8) is 0 Å². The van der Waals surface area contributed by atoms with E-state index in [-0.39, 0.29) is 0 Å². The van der Waals surface area contributed by atoms with Gasteiger partial charge in [-0.05, 0) is 6.42 Å². The number of alkyl halides is 33. The summed E-state index contributed by atoms with van der Waals surface area (Å²) in [4.78, 5) is 11.1. The molecule has 0 heterocycles. The van der Waals surface area contributed by atoms with Gasteiger partial charge >= 0.3 is 101 Å². The summed E-state index contributed by atoms with van der Waals surface area (Å²) in [6.45, 7) is 3.01. The molecule has 0 saturated heterocycles. The second-order valence-corrected chi connectivity index (χ2v) is 10.4. The molecule has 0 spiro atoms.